The Morgan fingerprint density at radius 3 is 2.64 bits per heavy atom. The summed E-state index contributed by atoms with van der Waals surface area (Å²) in [4.78, 5) is 0. The van der Waals surface area contributed by atoms with Gasteiger partial charge in [-0.25, -0.2) is 0 Å². The maximum atomic E-state index is 9.57. The molecular formula is C8H7NO2. The molecule has 11 heavy (non-hydrogen) atoms. The van der Waals surface area contributed by atoms with Gasteiger partial charge in [-0.2, -0.15) is 5.26 Å². The van der Waals surface area contributed by atoms with Crippen LogP contribution in [-0.2, 0) is 4.74 Å². The smallest absolute Gasteiger partial charge is 0.111 e. The van der Waals surface area contributed by atoms with Gasteiger partial charge in [0.1, 0.15) is 6.10 Å². The molecular weight excluding hydrogens is 142 g/mol. The SMILES string of the molecule is N#C[C@]12[C@@H]3[C@@H]1[C@H](O)[C@@H]1O[C@@H]1[C@@H]32. The summed E-state index contributed by atoms with van der Waals surface area (Å²) in [5.41, 5.74) is -0.114. The average molecular weight is 149 g/mol. The van der Waals surface area contributed by atoms with Gasteiger partial charge in [-0.1, -0.05) is 0 Å². The molecule has 3 aliphatic carbocycles. The number of fused-ring (bicyclic) bond motifs is 4. The van der Waals surface area contributed by atoms with Gasteiger partial charge in [0.25, 0.3) is 0 Å². The normalized spacial score (nSPS) is 79.3. The first-order valence-electron chi connectivity index (χ1n) is 4.07. The van der Waals surface area contributed by atoms with Gasteiger partial charge in [-0.15, -0.1) is 0 Å². The molecule has 0 aromatic rings. The molecule has 56 valence electrons. The van der Waals surface area contributed by atoms with Crippen molar-refractivity contribution in [2.75, 3.05) is 0 Å². The summed E-state index contributed by atoms with van der Waals surface area (Å²) in [7, 11) is 0. The fraction of sp³-hybridized carbons (Fsp3) is 0.875. The number of rotatable bonds is 0. The number of ether oxygens (including phenoxy) is 1. The minimum atomic E-state index is -0.324. The minimum Gasteiger partial charge on any atom is -0.390 e. The van der Waals surface area contributed by atoms with Gasteiger partial charge in [0.15, 0.2) is 0 Å². The number of nitrogens with zero attached hydrogens (tertiary/aromatic N) is 1. The summed E-state index contributed by atoms with van der Waals surface area (Å²) in [6.45, 7) is 0. The minimum absolute atomic E-state index is 0.102. The highest BCUT2D eigenvalue weighted by Gasteiger charge is 2.97. The summed E-state index contributed by atoms with van der Waals surface area (Å²) >= 11 is 0. The molecule has 7 atom stereocenters. The Bertz CT molecular complexity index is 310. The van der Waals surface area contributed by atoms with Crippen LogP contribution in [0, 0.1) is 34.5 Å². The lowest BCUT2D eigenvalue weighted by molar-refractivity contribution is 0.0754. The van der Waals surface area contributed by atoms with E-state index in [1.807, 2.05) is 0 Å². The molecule has 1 saturated heterocycles. The van der Waals surface area contributed by atoms with Crippen LogP contribution in [-0.4, -0.2) is 23.4 Å². The van der Waals surface area contributed by atoms with Gasteiger partial charge in [0.2, 0.25) is 0 Å². The van der Waals surface area contributed by atoms with Crippen molar-refractivity contribution in [2.45, 2.75) is 18.3 Å². The van der Waals surface area contributed by atoms with E-state index < -0.39 is 0 Å². The molecule has 0 bridgehead atoms. The lowest BCUT2D eigenvalue weighted by atomic mass is 9.81. The Hall–Kier alpha value is -0.590. The molecule has 4 aliphatic rings. The molecule has 4 fully saturated rings. The second-order valence-corrected chi connectivity index (χ2v) is 4.18. The molecule has 3 saturated carbocycles. The molecule has 3 nitrogen and oxygen atoms in total. The summed E-state index contributed by atoms with van der Waals surface area (Å²) in [5.74, 6) is 1.29. The number of hydrogen-bond donors (Lipinski definition) is 1. The highest BCUT2D eigenvalue weighted by Crippen LogP contribution is 2.90. The van der Waals surface area contributed by atoms with Gasteiger partial charge in [-0.3, -0.25) is 0 Å². The van der Waals surface area contributed by atoms with E-state index in [-0.39, 0.29) is 29.6 Å². The first-order chi connectivity index (χ1) is 5.32. The molecule has 3 heteroatoms. The van der Waals surface area contributed by atoms with E-state index in [0.29, 0.717) is 11.8 Å². The van der Waals surface area contributed by atoms with Gasteiger partial charge >= 0.3 is 0 Å². The van der Waals surface area contributed by atoms with Crippen molar-refractivity contribution in [1.29, 1.82) is 5.26 Å². The van der Waals surface area contributed by atoms with Crippen molar-refractivity contribution in [3.05, 3.63) is 0 Å². The van der Waals surface area contributed by atoms with Crippen molar-refractivity contribution in [3.8, 4) is 6.07 Å². The van der Waals surface area contributed by atoms with E-state index in [1.54, 1.807) is 0 Å². The average Bonchev–Trinajstić information content (AvgIpc) is 2.85. The fourth-order valence-electron chi connectivity index (χ4n) is 3.35. The number of nitriles is 1. The van der Waals surface area contributed by atoms with Crippen LogP contribution in [0.5, 0.6) is 0 Å². The first-order valence-corrected chi connectivity index (χ1v) is 4.07. The predicted molar refractivity (Wildman–Crippen MR) is 33.2 cm³/mol. The van der Waals surface area contributed by atoms with E-state index >= 15 is 0 Å². The molecule has 0 unspecified atom stereocenters. The monoisotopic (exact) mass is 149 g/mol. The summed E-state index contributed by atoms with van der Waals surface area (Å²) in [6, 6.07) is 2.34. The second kappa shape index (κ2) is 1.03. The van der Waals surface area contributed by atoms with Crippen LogP contribution in [0.25, 0.3) is 0 Å². The third-order valence-corrected chi connectivity index (χ3v) is 4.02. The highest BCUT2D eigenvalue weighted by atomic mass is 16.6. The number of hydrogen-bond acceptors (Lipinski definition) is 3. The Labute approximate surface area is 63.6 Å². The van der Waals surface area contributed by atoms with Crippen molar-refractivity contribution < 1.29 is 9.84 Å². The lowest BCUT2D eigenvalue weighted by Crippen LogP contribution is -2.36. The quantitative estimate of drug-likeness (QED) is 0.473. The van der Waals surface area contributed by atoms with Gasteiger partial charge in [-0.05, 0) is 5.92 Å². The maximum absolute atomic E-state index is 9.57. The Morgan fingerprint density at radius 2 is 2.09 bits per heavy atom. The number of aliphatic hydroxyl groups excluding tert-OH is 1. The molecule has 0 radical (unpaired) electrons. The van der Waals surface area contributed by atoms with Crippen LogP contribution in [0.1, 0.15) is 0 Å². The Balaban J connectivity index is 1.83. The van der Waals surface area contributed by atoms with Crippen LogP contribution in [0.15, 0.2) is 0 Å². The van der Waals surface area contributed by atoms with Crippen molar-refractivity contribution >= 4 is 0 Å². The predicted octanol–water partition coefficient (Wildman–Crippen LogP) is -0.486. The molecule has 0 aromatic heterocycles. The van der Waals surface area contributed by atoms with Gasteiger partial charge in [0.05, 0.1) is 23.7 Å². The zero-order valence-electron chi connectivity index (χ0n) is 5.77. The number of epoxide rings is 1. The van der Waals surface area contributed by atoms with Crippen LogP contribution in [0.3, 0.4) is 0 Å². The van der Waals surface area contributed by atoms with E-state index in [4.69, 9.17) is 10.00 Å². The van der Waals surface area contributed by atoms with Crippen molar-refractivity contribution in [2.24, 2.45) is 23.2 Å². The zero-order chi connectivity index (χ0) is 7.38. The molecule has 4 rings (SSSR count). The Kier molecular flexibility index (Phi) is 0.480. The van der Waals surface area contributed by atoms with E-state index in [2.05, 4.69) is 6.07 Å². The molecule has 1 N–H and O–H groups in total. The standard InChI is InChI=1S/C8H7NO2/c9-1-8-2-3(8)5(10)7-6(11-7)4(2)8/h2-7,10H/t2-,3-,4-,5+,6-,7+,8+/m1/s1. The lowest BCUT2D eigenvalue weighted by Gasteiger charge is -2.22. The third kappa shape index (κ3) is 0.287. The first kappa shape index (κ1) is 5.13. The van der Waals surface area contributed by atoms with E-state index in [1.165, 1.54) is 0 Å². The largest absolute Gasteiger partial charge is 0.390 e. The number of aliphatic hydroxyl groups is 1. The topological polar surface area (TPSA) is 56.5 Å². The van der Waals surface area contributed by atoms with E-state index in [0.717, 1.165) is 0 Å². The summed E-state index contributed by atoms with van der Waals surface area (Å²) in [6.07, 6.45) is 0.0273. The maximum Gasteiger partial charge on any atom is 0.111 e. The van der Waals surface area contributed by atoms with Crippen LogP contribution >= 0.6 is 0 Å². The van der Waals surface area contributed by atoms with E-state index in [9.17, 15) is 5.11 Å². The zero-order valence-corrected chi connectivity index (χ0v) is 5.77. The third-order valence-electron chi connectivity index (χ3n) is 4.02. The van der Waals surface area contributed by atoms with Crippen molar-refractivity contribution in [3.63, 3.8) is 0 Å². The summed E-state index contributed by atoms with van der Waals surface area (Å²) in [5, 5.41) is 18.4. The van der Waals surface area contributed by atoms with Gasteiger partial charge in [0, 0.05) is 11.8 Å². The molecule has 1 aliphatic heterocycles. The summed E-state index contributed by atoms with van der Waals surface area (Å²) < 4.78 is 5.29. The van der Waals surface area contributed by atoms with Crippen LogP contribution in [0.2, 0.25) is 0 Å². The highest BCUT2D eigenvalue weighted by molar-refractivity contribution is 5.48. The Morgan fingerprint density at radius 1 is 1.27 bits per heavy atom. The van der Waals surface area contributed by atoms with Gasteiger partial charge < -0.3 is 9.84 Å². The van der Waals surface area contributed by atoms with Crippen LogP contribution < -0.4 is 0 Å². The molecule has 1 heterocycles. The second-order valence-electron chi connectivity index (χ2n) is 4.18. The fourth-order valence-corrected chi connectivity index (χ4v) is 3.35. The molecule has 0 aromatic carbocycles. The molecule has 0 spiro atoms. The molecule has 0 amide bonds. The van der Waals surface area contributed by atoms with Crippen LogP contribution in [0.4, 0.5) is 0 Å². The van der Waals surface area contributed by atoms with Crippen molar-refractivity contribution in [1.82, 2.24) is 0 Å².